The van der Waals surface area contributed by atoms with Crippen LogP contribution in [-0.4, -0.2) is 33.5 Å². The number of ether oxygens (including phenoxy) is 1. The summed E-state index contributed by atoms with van der Waals surface area (Å²) in [5, 5.41) is 14.4. The molecule has 9 nitrogen and oxygen atoms in total. The van der Waals surface area contributed by atoms with E-state index in [0.29, 0.717) is 34.1 Å². The summed E-state index contributed by atoms with van der Waals surface area (Å²) in [7, 11) is 1.44. The van der Waals surface area contributed by atoms with Gasteiger partial charge < -0.3 is 9.30 Å². The molecule has 3 aromatic rings. The fraction of sp³-hybridized carbons (Fsp3) is 0.192. The number of carbonyl (C=O) groups is 2. The van der Waals surface area contributed by atoms with Gasteiger partial charge in [-0.3, -0.25) is 29.9 Å². The van der Waals surface area contributed by atoms with E-state index in [1.54, 1.807) is 42.7 Å². The molecule has 1 aliphatic rings. The lowest BCUT2D eigenvalue weighted by atomic mass is 10.0. The molecule has 36 heavy (non-hydrogen) atoms. The predicted octanol–water partition coefficient (Wildman–Crippen LogP) is 4.46. The summed E-state index contributed by atoms with van der Waals surface area (Å²) in [5.41, 5.74) is 4.46. The van der Waals surface area contributed by atoms with E-state index < -0.39 is 16.7 Å². The summed E-state index contributed by atoms with van der Waals surface area (Å²) < 4.78 is 6.85. The summed E-state index contributed by atoms with van der Waals surface area (Å²) in [5.74, 6) is -0.785. The number of nitro benzene ring substituents is 1. The number of amides is 2. The van der Waals surface area contributed by atoms with Crippen LogP contribution >= 0.6 is 12.2 Å². The Balaban J connectivity index is 1.82. The first-order chi connectivity index (χ1) is 17.0. The SMILES string of the molecule is COc1ccc(-n2c(C)cc(/C=C3\C(=O)NC(=S)N(c4cccc(C)c4C)C3=O)c2C)c([N+](=O)[O-])c1. The number of methoxy groups -OCH3 is 1. The molecule has 1 N–H and O–H groups in total. The number of nitro groups is 1. The molecule has 1 aromatic heterocycles. The van der Waals surface area contributed by atoms with Gasteiger partial charge in [0.2, 0.25) is 0 Å². The van der Waals surface area contributed by atoms with E-state index in [1.165, 1.54) is 24.2 Å². The quantitative estimate of drug-likeness (QED) is 0.181. The third-order valence-electron chi connectivity index (χ3n) is 6.31. The van der Waals surface area contributed by atoms with Crippen LogP contribution in [0.4, 0.5) is 11.4 Å². The highest BCUT2D eigenvalue weighted by Crippen LogP contribution is 2.33. The molecule has 0 spiro atoms. The molecule has 0 aliphatic carbocycles. The molecule has 1 saturated heterocycles. The number of aromatic nitrogens is 1. The van der Waals surface area contributed by atoms with Gasteiger partial charge in [-0.05, 0) is 86.9 Å². The van der Waals surface area contributed by atoms with Crippen molar-refractivity contribution in [2.45, 2.75) is 27.7 Å². The molecular formula is C26H24N4O5S. The molecule has 1 fully saturated rings. The van der Waals surface area contributed by atoms with E-state index in [4.69, 9.17) is 17.0 Å². The number of benzene rings is 2. The number of hydrogen-bond acceptors (Lipinski definition) is 6. The number of carbonyl (C=O) groups excluding carboxylic acids is 2. The molecule has 1 aliphatic heterocycles. The molecule has 0 bridgehead atoms. The highest BCUT2D eigenvalue weighted by molar-refractivity contribution is 7.80. The molecule has 2 heterocycles. The zero-order valence-electron chi connectivity index (χ0n) is 20.4. The van der Waals surface area contributed by atoms with Crippen molar-refractivity contribution in [2.24, 2.45) is 0 Å². The van der Waals surface area contributed by atoms with Crippen molar-refractivity contribution < 1.29 is 19.2 Å². The zero-order chi connectivity index (χ0) is 26.3. The first kappa shape index (κ1) is 24.8. The third-order valence-corrected chi connectivity index (χ3v) is 6.59. The van der Waals surface area contributed by atoms with Crippen molar-refractivity contribution in [1.82, 2.24) is 9.88 Å². The minimum Gasteiger partial charge on any atom is -0.496 e. The number of thiocarbonyl (C=S) groups is 1. The van der Waals surface area contributed by atoms with Gasteiger partial charge in [0.15, 0.2) is 5.11 Å². The number of hydrogen-bond donors (Lipinski definition) is 1. The first-order valence-corrected chi connectivity index (χ1v) is 11.5. The van der Waals surface area contributed by atoms with Crippen molar-refractivity contribution in [3.8, 4) is 11.4 Å². The van der Waals surface area contributed by atoms with E-state index >= 15 is 0 Å². The van der Waals surface area contributed by atoms with Gasteiger partial charge in [0, 0.05) is 11.4 Å². The second-order valence-corrected chi connectivity index (χ2v) is 8.84. The Morgan fingerprint density at radius 2 is 1.78 bits per heavy atom. The van der Waals surface area contributed by atoms with Gasteiger partial charge in [-0.25, -0.2) is 0 Å². The molecule has 0 unspecified atom stereocenters. The zero-order valence-corrected chi connectivity index (χ0v) is 21.2. The standard InChI is InChI=1S/C26H24N4O5S/c1-14-7-6-8-21(16(14)3)29-25(32)20(24(31)27-26(29)36)12-18-11-15(2)28(17(18)4)22-10-9-19(35-5)13-23(22)30(33)34/h6-13H,1-5H3,(H,27,31,36)/b20-12+. The molecule has 2 aromatic carbocycles. The predicted molar refractivity (Wildman–Crippen MR) is 141 cm³/mol. The Hall–Kier alpha value is -4.31. The maximum Gasteiger partial charge on any atom is 0.296 e. The minimum absolute atomic E-state index is 0.00943. The second-order valence-electron chi connectivity index (χ2n) is 8.45. The molecule has 0 atom stereocenters. The molecule has 2 amide bonds. The molecule has 0 radical (unpaired) electrons. The van der Waals surface area contributed by atoms with E-state index in [9.17, 15) is 19.7 Å². The Labute approximate surface area is 213 Å². The fourth-order valence-corrected chi connectivity index (χ4v) is 4.55. The lowest BCUT2D eigenvalue weighted by molar-refractivity contribution is -0.384. The average Bonchev–Trinajstić information content (AvgIpc) is 3.11. The van der Waals surface area contributed by atoms with E-state index in [0.717, 1.165) is 11.1 Å². The Bertz CT molecular complexity index is 1490. The van der Waals surface area contributed by atoms with Crippen LogP contribution in [-0.2, 0) is 9.59 Å². The number of nitrogens with one attached hydrogen (secondary N) is 1. The molecule has 0 saturated carbocycles. The summed E-state index contributed by atoms with van der Waals surface area (Å²) >= 11 is 5.33. The summed E-state index contributed by atoms with van der Waals surface area (Å²) in [4.78, 5) is 38.9. The second kappa shape index (κ2) is 9.38. The highest BCUT2D eigenvalue weighted by atomic mass is 32.1. The maximum absolute atomic E-state index is 13.5. The lowest BCUT2D eigenvalue weighted by Gasteiger charge is -2.30. The normalized spacial score (nSPS) is 14.9. The summed E-state index contributed by atoms with van der Waals surface area (Å²) in [6.07, 6.45) is 1.49. The minimum atomic E-state index is -0.605. The van der Waals surface area contributed by atoms with Crippen molar-refractivity contribution in [1.29, 1.82) is 0 Å². The van der Waals surface area contributed by atoms with Crippen LogP contribution in [0.1, 0.15) is 28.1 Å². The third kappa shape index (κ3) is 4.16. The number of anilines is 1. The van der Waals surface area contributed by atoms with Gasteiger partial charge in [-0.1, -0.05) is 12.1 Å². The van der Waals surface area contributed by atoms with Gasteiger partial charge in [0.05, 0.1) is 23.8 Å². The number of rotatable bonds is 5. The van der Waals surface area contributed by atoms with Crippen LogP contribution < -0.4 is 15.0 Å². The van der Waals surface area contributed by atoms with E-state index in [-0.39, 0.29) is 16.4 Å². The Morgan fingerprint density at radius 1 is 1.06 bits per heavy atom. The summed E-state index contributed by atoms with van der Waals surface area (Å²) in [6.45, 7) is 7.38. The smallest absolute Gasteiger partial charge is 0.296 e. The van der Waals surface area contributed by atoms with Gasteiger partial charge >= 0.3 is 0 Å². The van der Waals surface area contributed by atoms with Gasteiger partial charge in [-0.2, -0.15) is 0 Å². The fourth-order valence-electron chi connectivity index (χ4n) is 4.28. The highest BCUT2D eigenvalue weighted by Gasteiger charge is 2.35. The van der Waals surface area contributed by atoms with E-state index in [2.05, 4.69) is 5.32 Å². The number of aryl methyl sites for hydroxylation is 2. The lowest BCUT2D eigenvalue weighted by Crippen LogP contribution is -2.54. The number of nitrogens with zero attached hydrogens (tertiary/aromatic N) is 3. The average molecular weight is 505 g/mol. The van der Waals surface area contributed by atoms with Gasteiger partial charge in [0.1, 0.15) is 17.0 Å². The first-order valence-electron chi connectivity index (χ1n) is 11.0. The van der Waals surface area contributed by atoms with Crippen LogP contribution in [0, 0.1) is 37.8 Å². The van der Waals surface area contributed by atoms with Crippen LogP contribution in [0.25, 0.3) is 11.8 Å². The molecule has 184 valence electrons. The molecular weight excluding hydrogens is 480 g/mol. The molecule has 10 heteroatoms. The topological polar surface area (TPSA) is 107 Å². The van der Waals surface area contributed by atoms with Gasteiger partial charge in [-0.15, -0.1) is 0 Å². The largest absolute Gasteiger partial charge is 0.496 e. The Morgan fingerprint density at radius 3 is 2.44 bits per heavy atom. The van der Waals surface area contributed by atoms with Crippen LogP contribution in [0.15, 0.2) is 48.0 Å². The van der Waals surface area contributed by atoms with Crippen molar-refractivity contribution in [3.05, 3.63) is 86.2 Å². The Kier molecular flexibility index (Phi) is 6.47. The molecule has 4 rings (SSSR count). The van der Waals surface area contributed by atoms with Crippen molar-refractivity contribution >= 4 is 46.6 Å². The maximum atomic E-state index is 13.5. The monoisotopic (exact) mass is 504 g/mol. The van der Waals surface area contributed by atoms with Crippen molar-refractivity contribution in [3.63, 3.8) is 0 Å². The van der Waals surface area contributed by atoms with Crippen LogP contribution in [0.2, 0.25) is 0 Å². The van der Waals surface area contributed by atoms with E-state index in [1.807, 2.05) is 26.0 Å². The van der Waals surface area contributed by atoms with Gasteiger partial charge in [0.25, 0.3) is 17.5 Å². The van der Waals surface area contributed by atoms with Crippen LogP contribution in [0.3, 0.4) is 0 Å². The van der Waals surface area contributed by atoms with Crippen LogP contribution in [0.5, 0.6) is 5.75 Å². The van der Waals surface area contributed by atoms with Crippen molar-refractivity contribution in [2.75, 3.05) is 12.0 Å². The summed E-state index contributed by atoms with van der Waals surface area (Å²) in [6, 6.07) is 11.9.